The lowest BCUT2D eigenvalue weighted by molar-refractivity contribution is -0.155. The number of anilines is 1. The third-order valence-electron chi connectivity index (χ3n) is 3.57. The summed E-state index contributed by atoms with van der Waals surface area (Å²) < 4.78 is 39.0. The largest absolute Gasteiger partial charge is 0.390 e. The van der Waals surface area contributed by atoms with Gasteiger partial charge in [0.2, 0.25) is 5.91 Å². The highest BCUT2D eigenvalue weighted by Gasteiger charge is 2.45. The fourth-order valence-electron chi connectivity index (χ4n) is 2.32. The number of benzene rings is 2. The van der Waals surface area contributed by atoms with Gasteiger partial charge in [0, 0.05) is 10.7 Å². The van der Waals surface area contributed by atoms with E-state index in [2.05, 4.69) is 5.32 Å². The fourth-order valence-corrected chi connectivity index (χ4v) is 2.45. The molecule has 6 heteroatoms. The first-order chi connectivity index (χ1) is 10.7. The molecule has 0 fully saturated rings. The van der Waals surface area contributed by atoms with E-state index in [-0.39, 0.29) is 5.56 Å². The standard InChI is InChI=1S/C17H15ClF3NO/c1-16(11-17(19,20)21,12-7-9-13(18)10-8-12)15(23)22-14-5-3-2-4-6-14/h2-10H,11H2,1H3,(H,22,23). The van der Waals surface area contributed by atoms with Crippen molar-refractivity contribution in [2.45, 2.75) is 24.9 Å². The van der Waals surface area contributed by atoms with Crippen LogP contribution in [0.2, 0.25) is 5.02 Å². The number of carbonyl (C=O) groups is 1. The van der Waals surface area contributed by atoms with Crippen LogP contribution in [0.5, 0.6) is 0 Å². The average Bonchev–Trinajstić information content (AvgIpc) is 2.47. The van der Waals surface area contributed by atoms with Crippen LogP contribution in [0.1, 0.15) is 18.9 Å². The van der Waals surface area contributed by atoms with Crippen molar-refractivity contribution >= 4 is 23.2 Å². The smallest absolute Gasteiger partial charge is 0.325 e. The van der Waals surface area contributed by atoms with Crippen LogP contribution < -0.4 is 5.32 Å². The summed E-state index contributed by atoms with van der Waals surface area (Å²) in [6.07, 6.45) is -5.75. The Bertz CT molecular complexity index is 670. The first-order valence-electron chi connectivity index (χ1n) is 6.90. The Balaban J connectivity index is 2.36. The molecule has 1 N–H and O–H groups in total. The lowest BCUT2D eigenvalue weighted by Gasteiger charge is -2.30. The van der Waals surface area contributed by atoms with E-state index >= 15 is 0 Å². The number of rotatable bonds is 4. The monoisotopic (exact) mass is 341 g/mol. The van der Waals surface area contributed by atoms with Gasteiger partial charge in [-0.3, -0.25) is 4.79 Å². The molecule has 0 spiro atoms. The Kier molecular flexibility index (Phi) is 5.00. The second kappa shape index (κ2) is 6.62. The van der Waals surface area contributed by atoms with Gasteiger partial charge in [-0.1, -0.05) is 41.9 Å². The van der Waals surface area contributed by atoms with Gasteiger partial charge >= 0.3 is 6.18 Å². The van der Waals surface area contributed by atoms with E-state index in [4.69, 9.17) is 11.6 Å². The second-order valence-electron chi connectivity index (χ2n) is 5.45. The van der Waals surface area contributed by atoms with Crippen molar-refractivity contribution in [3.8, 4) is 0 Å². The van der Waals surface area contributed by atoms with Crippen LogP contribution in [-0.2, 0) is 10.2 Å². The molecule has 0 aliphatic rings. The van der Waals surface area contributed by atoms with Crippen molar-refractivity contribution < 1.29 is 18.0 Å². The van der Waals surface area contributed by atoms with Crippen LogP contribution in [0.4, 0.5) is 18.9 Å². The van der Waals surface area contributed by atoms with Crippen LogP contribution in [0, 0.1) is 0 Å². The van der Waals surface area contributed by atoms with Crippen molar-refractivity contribution in [3.05, 3.63) is 65.2 Å². The first-order valence-corrected chi connectivity index (χ1v) is 7.28. The highest BCUT2D eigenvalue weighted by Crippen LogP contribution is 2.37. The molecular formula is C17H15ClF3NO. The summed E-state index contributed by atoms with van der Waals surface area (Å²) in [6, 6.07) is 14.2. The third-order valence-corrected chi connectivity index (χ3v) is 3.82. The fraction of sp³-hybridized carbons (Fsp3) is 0.235. The second-order valence-corrected chi connectivity index (χ2v) is 5.89. The summed E-state index contributed by atoms with van der Waals surface area (Å²) in [4.78, 5) is 12.6. The molecule has 0 heterocycles. The summed E-state index contributed by atoms with van der Waals surface area (Å²) in [5.41, 5.74) is -1.05. The van der Waals surface area contributed by atoms with Crippen LogP contribution >= 0.6 is 11.6 Å². The van der Waals surface area contributed by atoms with Crippen molar-refractivity contribution in [1.82, 2.24) is 0 Å². The zero-order valence-electron chi connectivity index (χ0n) is 12.3. The Morgan fingerprint density at radius 1 is 1.04 bits per heavy atom. The Morgan fingerprint density at radius 3 is 2.13 bits per heavy atom. The summed E-state index contributed by atoms with van der Waals surface area (Å²) in [5, 5.41) is 2.94. The molecular weight excluding hydrogens is 327 g/mol. The summed E-state index contributed by atoms with van der Waals surface area (Å²) in [5.74, 6) is -0.719. The summed E-state index contributed by atoms with van der Waals surface area (Å²) >= 11 is 5.78. The summed E-state index contributed by atoms with van der Waals surface area (Å²) in [6.45, 7) is 1.28. The Hall–Kier alpha value is -2.01. The normalized spacial score (nSPS) is 14.1. The number of alkyl halides is 3. The van der Waals surface area contributed by atoms with Gasteiger partial charge in [-0.25, -0.2) is 0 Å². The van der Waals surface area contributed by atoms with Crippen molar-refractivity contribution in [2.24, 2.45) is 0 Å². The van der Waals surface area contributed by atoms with Gasteiger partial charge < -0.3 is 5.32 Å². The minimum Gasteiger partial charge on any atom is -0.325 e. The van der Waals surface area contributed by atoms with Gasteiger partial charge in [0.15, 0.2) is 0 Å². The van der Waals surface area contributed by atoms with E-state index in [9.17, 15) is 18.0 Å². The van der Waals surface area contributed by atoms with E-state index in [1.807, 2.05) is 0 Å². The van der Waals surface area contributed by atoms with Gasteiger partial charge in [-0.15, -0.1) is 0 Å². The molecule has 0 aromatic heterocycles. The van der Waals surface area contributed by atoms with E-state index in [1.165, 1.54) is 31.2 Å². The maximum Gasteiger partial charge on any atom is 0.390 e. The molecule has 0 saturated carbocycles. The van der Waals surface area contributed by atoms with Gasteiger partial charge in [-0.05, 0) is 36.8 Å². The number of halogens is 4. The molecule has 0 aliphatic carbocycles. The van der Waals surface area contributed by atoms with Crippen LogP contribution in [0.25, 0.3) is 0 Å². The van der Waals surface area contributed by atoms with Gasteiger partial charge in [-0.2, -0.15) is 13.2 Å². The van der Waals surface area contributed by atoms with Gasteiger partial charge in [0.25, 0.3) is 0 Å². The molecule has 2 rings (SSSR count). The Morgan fingerprint density at radius 2 is 1.61 bits per heavy atom. The molecule has 0 saturated heterocycles. The third kappa shape index (κ3) is 4.48. The van der Waals surface area contributed by atoms with E-state index in [1.54, 1.807) is 30.3 Å². The average molecular weight is 342 g/mol. The van der Waals surface area contributed by atoms with Gasteiger partial charge in [0.1, 0.15) is 0 Å². The highest BCUT2D eigenvalue weighted by molar-refractivity contribution is 6.30. The van der Waals surface area contributed by atoms with Crippen LogP contribution in [0.3, 0.4) is 0 Å². The predicted molar refractivity (Wildman–Crippen MR) is 84.5 cm³/mol. The lowest BCUT2D eigenvalue weighted by Crippen LogP contribution is -2.41. The molecule has 1 amide bonds. The van der Waals surface area contributed by atoms with Crippen LogP contribution in [0.15, 0.2) is 54.6 Å². The number of nitrogens with one attached hydrogen (secondary N) is 1. The van der Waals surface area contributed by atoms with Crippen molar-refractivity contribution in [2.75, 3.05) is 5.32 Å². The molecule has 0 aliphatic heterocycles. The van der Waals surface area contributed by atoms with E-state index in [0.717, 1.165) is 0 Å². The van der Waals surface area contributed by atoms with Crippen molar-refractivity contribution in [1.29, 1.82) is 0 Å². The maximum absolute atomic E-state index is 13.0. The molecule has 23 heavy (non-hydrogen) atoms. The van der Waals surface area contributed by atoms with E-state index < -0.39 is 23.9 Å². The molecule has 0 radical (unpaired) electrons. The van der Waals surface area contributed by atoms with Gasteiger partial charge in [0.05, 0.1) is 11.8 Å². The Labute approximate surface area is 137 Å². The molecule has 1 unspecified atom stereocenters. The number of carbonyl (C=O) groups excluding carboxylic acids is 1. The molecule has 2 aromatic rings. The SMILES string of the molecule is CC(CC(F)(F)F)(C(=O)Nc1ccccc1)c1ccc(Cl)cc1. The molecule has 2 aromatic carbocycles. The molecule has 0 bridgehead atoms. The number of hydrogen-bond acceptors (Lipinski definition) is 1. The minimum atomic E-state index is -4.48. The summed E-state index contributed by atoms with van der Waals surface area (Å²) in [7, 11) is 0. The lowest BCUT2D eigenvalue weighted by atomic mass is 9.78. The molecule has 1 atom stereocenters. The van der Waals surface area contributed by atoms with Crippen molar-refractivity contribution in [3.63, 3.8) is 0 Å². The van der Waals surface area contributed by atoms with Crippen LogP contribution in [-0.4, -0.2) is 12.1 Å². The first kappa shape index (κ1) is 17.3. The predicted octanol–water partition coefficient (Wildman–Crippen LogP) is 5.19. The number of para-hydroxylation sites is 1. The number of amides is 1. The number of hydrogen-bond donors (Lipinski definition) is 1. The van der Waals surface area contributed by atoms with E-state index in [0.29, 0.717) is 10.7 Å². The zero-order valence-corrected chi connectivity index (χ0v) is 13.1. The molecule has 2 nitrogen and oxygen atoms in total. The zero-order chi connectivity index (χ0) is 17.1. The topological polar surface area (TPSA) is 29.1 Å². The highest BCUT2D eigenvalue weighted by atomic mass is 35.5. The molecule has 122 valence electrons. The quantitative estimate of drug-likeness (QED) is 0.814. The minimum absolute atomic E-state index is 0.257. The maximum atomic E-state index is 13.0.